The molecule has 2 rings (SSSR count). The number of carbonyl (C=O) groups is 1. The van der Waals surface area contributed by atoms with Gasteiger partial charge in [0.25, 0.3) is 0 Å². The Morgan fingerprint density at radius 2 is 2.05 bits per heavy atom. The number of pyridine rings is 1. The first kappa shape index (κ1) is 20.9. The van der Waals surface area contributed by atoms with Crippen molar-refractivity contribution in [2.75, 3.05) is 37.0 Å². The minimum atomic E-state index is -0.665. The van der Waals surface area contributed by atoms with E-state index in [1.165, 1.54) is 26.4 Å². The Morgan fingerprint density at radius 3 is 2.59 bits per heavy atom. The molecule has 1 aliphatic heterocycles. The number of methoxy groups -OCH3 is 1. The zero-order chi connectivity index (χ0) is 14.4. The Morgan fingerprint density at radius 1 is 1.36 bits per heavy atom. The van der Waals surface area contributed by atoms with Crippen LogP contribution >= 0.6 is 24.8 Å². The predicted molar refractivity (Wildman–Crippen MR) is 93.3 cm³/mol. The summed E-state index contributed by atoms with van der Waals surface area (Å²) in [6.45, 7) is 2.31. The Kier molecular flexibility index (Phi) is 10.1. The fourth-order valence-corrected chi connectivity index (χ4v) is 2.26. The molecule has 1 atom stereocenters. The Balaban J connectivity index is 0.00000220. The van der Waals surface area contributed by atoms with Crippen LogP contribution < -0.4 is 16.0 Å². The molecule has 126 valence electrons. The number of rotatable bonds is 5. The summed E-state index contributed by atoms with van der Waals surface area (Å²) in [6, 6.07) is 3.12. The molecule has 8 heteroatoms. The van der Waals surface area contributed by atoms with E-state index >= 15 is 0 Å². The van der Waals surface area contributed by atoms with Crippen LogP contribution in [0.15, 0.2) is 18.3 Å². The van der Waals surface area contributed by atoms with Crippen LogP contribution in [0.4, 0.5) is 11.5 Å². The van der Waals surface area contributed by atoms with Crippen LogP contribution in [0.5, 0.6) is 0 Å². The van der Waals surface area contributed by atoms with E-state index in [4.69, 9.17) is 10.5 Å². The largest absolute Gasteiger partial charge is 0.383 e. The molecule has 0 spiro atoms. The number of aromatic nitrogens is 1. The van der Waals surface area contributed by atoms with Gasteiger partial charge in [0, 0.05) is 20.2 Å². The van der Waals surface area contributed by atoms with E-state index in [1.807, 2.05) is 12.1 Å². The Labute approximate surface area is 143 Å². The van der Waals surface area contributed by atoms with Gasteiger partial charge in [-0.05, 0) is 31.4 Å². The lowest BCUT2D eigenvalue weighted by Crippen LogP contribution is -2.39. The number of halogens is 2. The molecule has 0 bridgehead atoms. The Bertz CT molecular complexity index is 439. The molecule has 0 aliphatic carbocycles. The van der Waals surface area contributed by atoms with Crippen LogP contribution in [-0.4, -0.2) is 43.7 Å². The van der Waals surface area contributed by atoms with Crippen molar-refractivity contribution in [1.82, 2.24) is 4.98 Å². The molecule has 1 amide bonds. The van der Waals surface area contributed by atoms with Gasteiger partial charge in [-0.1, -0.05) is 0 Å². The summed E-state index contributed by atoms with van der Waals surface area (Å²) in [5.74, 6) is 0.697. The van der Waals surface area contributed by atoms with Crippen molar-refractivity contribution in [2.24, 2.45) is 5.73 Å². The molecule has 1 aliphatic rings. The first-order valence-corrected chi connectivity index (χ1v) is 6.97. The predicted octanol–water partition coefficient (Wildman–Crippen LogP) is 1.83. The molecular formula is C14H24Cl2N4O2. The van der Waals surface area contributed by atoms with Crippen LogP contribution in [0.25, 0.3) is 0 Å². The molecule has 1 saturated heterocycles. The average molecular weight is 351 g/mol. The van der Waals surface area contributed by atoms with Crippen LogP contribution in [0.3, 0.4) is 0 Å². The van der Waals surface area contributed by atoms with Crippen LogP contribution in [0.2, 0.25) is 0 Å². The van der Waals surface area contributed by atoms with Crippen molar-refractivity contribution in [3.63, 3.8) is 0 Å². The molecule has 0 radical (unpaired) electrons. The number of piperidine rings is 1. The van der Waals surface area contributed by atoms with Gasteiger partial charge in [-0.15, -0.1) is 24.8 Å². The summed E-state index contributed by atoms with van der Waals surface area (Å²) < 4.78 is 4.85. The van der Waals surface area contributed by atoms with Crippen molar-refractivity contribution in [3.8, 4) is 0 Å². The van der Waals surface area contributed by atoms with Crippen molar-refractivity contribution >= 4 is 42.2 Å². The quantitative estimate of drug-likeness (QED) is 0.846. The summed E-state index contributed by atoms with van der Waals surface area (Å²) in [5.41, 5.74) is 6.31. The van der Waals surface area contributed by atoms with Gasteiger partial charge in [0.05, 0.1) is 18.5 Å². The minimum absolute atomic E-state index is 0. The van der Waals surface area contributed by atoms with E-state index in [0.29, 0.717) is 5.69 Å². The van der Waals surface area contributed by atoms with E-state index in [1.54, 1.807) is 6.20 Å². The zero-order valence-corrected chi connectivity index (χ0v) is 14.3. The third-order valence-corrected chi connectivity index (χ3v) is 3.38. The van der Waals surface area contributed by atoms with Gasteiger partial charge < -0.3 is 20.7 Å². The normalized spacial score (nSPS) is 15.3. The average Bonchev–Trinajstić information content (AvgIpc) is 2.49. The molecule has 1 fully saturated rings. The standard InChI is InChI=1S/C14H22N4O2.2ClH/c1-20-10-12(15)14(19)17-11-5-6-13(16-9-11)18-7-3-2-4-8-18;;/h5-6,9,12H,2-4,7-8,10,15H2,1H3,(H,17,19);2*1H. The highest BCUT2D eigenvalue weighted by Gasteiger charge is 2.14. The number of nitrogens with one attached hydrogen (secondary N) is 1. The molecule has 1 aromatic rings. The van der Waals surface area contributed by atoms with Crippen molar-refractivity contribution in [2.45, 2.75) is 25.3 Å². The Hall–Kier alpha value is -1.08. The van der Waals surface area contributed by atoms with E-state index in [-0.39, 0.29) is 37.3 Å². The number of carbonyl (C=O) groups excluding carboxylic acids is 1. The molecule has 3 N–H and O–H groups in total. The summed E-state index contributed by atoms with van der Waals surface area (Å²) in [7, 11) is 1.52. The SMILES string of the molecule is COCC(N)C(=O)Nc1ccc(N2CCCCC2)nc1.Cl.Cl. The summed E-state index contributed by atoms with van der Waals surface area (Å²) >= 11 is 0. The monoisotopic (exact) mass is 350 g/mol. The van der Waals surface area contributed by atoms with Crippen LogP contribution in [-0.2, 0) is 9.53 Å². The number of ether oxygens (including phenoxy) is 1. The molecule has 6 nitrogen and oxygen atoms in total. The summed E-state index contributed by atoms with van der Waals surface area (Å²) in [5, 5.41) is 2.73. The maximum Gasteiger partial charge on any atom is 0.243 e. The first-order chi connectivity index (χ1) is 9.70. The maximum absolute atomic E-state index is 11.7. The smallest absolute Gasteiger partial charge is 0.243 e. The zero-order valence-electron chi connectivity index (χ0n) is 12.7. The molecule has 1 aromatic heterocycles. The topological polar surface area (TPSA) is 80.5 Å². The van der Waals surface area contributed by atoms with Gasteiger partial charge in [-0.3, -0.25) is 4.79 Å². The minimum Gasteiger partial charge on any atom is -0.383 e. The van der Waals surface area contributed by atoms with Gasteiger partial charge in [-0.25, -0.2) is 4.98 Å². The number of nitrogens with zero attached hydrogens (tertiary/aromatic N) is 2. The second-order valence-corrected chi connectivity index (χ2v) is 5.00. The molecule has 2 heterocycles. The molecule has 1 unspecified atom stereocenters. The summed E-state index contributed by atoms with van der Waals surface area (Å²) in [6.07, 6.45) is 5.39. The number of nitrogens with two attached hydrogens (primary N) is 1. The van der Waals surface area contributed by atoms with Gasteiger partial charge in [0.15, 0.2) is 0 Å². The van der Waals surface area contributed by atoms with Crippen LogP contribution in [0, 0.1) is 0 Å². The highest BCUT2D eigenvalue weighted by Crippen LogP contribution is 2.18. The third kappa shape index (κ3) is 5.96. The number of hydrogen-bond donors (Lipinski definition) is 2. The fourth-order valence-electron chi connectivity index (χ4n) is 2.26. The van der Waals surface area contributed by atoms with Crippen molar-refractivity contribution in [1.29, 1.82) is 0 Å². The van der Waals surface area contributed by atoms with Crippen molar-refractivity contribution < 1.29 is 9.53 Å². The highest BCUT2D eigenvalue weighted by atomic mass is 35.5. The second-order valence-electron chi connectivity index (χ2n) is 5.00. The number of hydrogen-bond acceptors (Lipinski definition) is 5. The molecule has 0 aromatic carbocycles. The van der Waals surface area contributed by atoms with Gasteiger partial charge in [0.1, 0.15) is 11.9 Å². The van der Waals surface area contributed by atoms with E-state index < -0.39 is 6.04 Å². The lowest BCUT2D eigenvalue weighted by atomic mass is 10.1. The van der Waals surface area contributed by atoms with E-state index in [0.717, 1.165) is 18.9 Å². The van der Waals surface area contributed by atoms with E-state index in [2.05, 4.69) is 15.2 Å². The molecular weight excluding hydrogens is 327 g/mol. The lowest BCUT2D eigenvalue weighted by Gasteiger charge is -2.27. The fraction of sp³-hybridized carbons (Fsp3) is 0.571. The first-order valence-electron chi connectivity index (χ1n) is 6.97. The number of anilines is 2. The summed E-state index contributed by atoms with van der Waals surface area (Å²) in [4.78, 5) is 18.4. The number of amides is 1. The van der Waals surface area contributed by atoms with Gasteiger partial charge in [0.2, 0.25) is 5.91 Å². The van der Waals surface area contributed by atoms with E-state index in [9.17, 15) is 4.79 Å². The second kappa shape index (κ2) is 10.6. The molecule has 0 saturated carbocycles. The molecule has 22 heavy (non-hydrogen) atoms. The van der Waals surface area contributed by atoms with Gasteiger partial charge >= 0.3 is 0 Å². The third-order valence-electron chi connectivity index (χ3n) is 3.38. The maximum atomic E-state index is 11.7. The van der Waals surface area contributed by atoms with Crippen molar-refractivity contribution in [3.05, 3.63) is 18.3 Å². The van der Waals surface area contributed by atoms with Gasteiger partial charge in [-0.2, -0.15) is 0 Å². The lowest BCUT2D eigenvalue weighted by molar-refractivity contribution is -0.118. The highest BCUT2D eigenvalue weighted by molar-refractivity contribution is 5.94. The van der Waals surface area contributed by atoms with Crippen LogP contribution in [0.1, 0.15) is 19.3 Å².